The number of carbonyl (C=O) groups is 1. The SMILES string of the molecule is COC(=O)Cn1nc(C)c(Cl)c1-c1nnc(-c2cccc(C)c2)o1. The molecular formula is C16H15ClN4O3. The number of hydrogen-bond donors (Lipinski definition) is 0. The van der Waals surface area contributed by atoms with Gasteiger partial charge in [-0.3, -0.25) is 4.79 Å². The Hall–Kier alpha value is -2.67. The minimum atomic E-state index is -0.450. The fourth-order valence-electron chi connectivity index (χ4n) is 2.28. The molecule has 0 saturated heterocycles. The molecule has 7 nitrogen and oxygen atoms in total. The molecule has 0 aliphatic heterocycles. The zero-order valence-corrected chi connectivity index (χ0v) is 14.2. The number of aryl methyl sites for hydroxylation is 2. The molecule has 0 fully saturated rings. The Morgan fingerprint density at radius 1 is 1.29 bits per heavy atom. The molecule has 0 aliphatic rings. The van der Waals surface area contributed by atoms with Crippen LogP contribution in [0.5, 0.6) is 0 Å². The number of halogens is 1. The van der Waals surface area contributed by atoms with Gasteiger partial charge in [0.1, 0.15) is 12.2 Å². The summed E-state index contributed by atoms with van der Waals surface area (Å²) in [6, 6.07) is 7.71. The molecule has 2 aromatic heterocycles. The third-order valence-corrected chi connectivity index (χ3v) is 3.91. The predicted molar refractivity (Wildman–Crippen MR) is 87.5 cm³/mol. The van der Waals surface area contributed by atoms with E-state index in [-0.39, 0.29) is 12.4 Å². The third kappa shape index (κ3) is 3.03. The van der Waals surface area contributed by atoms with E-state index in [1.54, 1.807) is 6.92 Å². The van der Waals surface area contributed by atoms with Crippen LogP contribution in [0.1, 0.15) is 11.3 Å². The van der Waals surface area contributed by atoms with E-state index in [1.165, 1.54) is 11.8 Å². The molecule has 0 unspecified atom stereocenters. The lowest BCUT2D eigenvalue weighted by Gasteiger charge is -2.03. The molecular weight excluding hydrogens is 332 g/mol. The highest BCUT2D eigenvalue weighted by molar-refractivity contribution is 6.33. The van der Waals surface area contributed by atoms with Crippen LogP contribution >= 0.6 is 11.6 Å². The molecule has 0 saturated carbocycles. The first-order valence-corrected chi connectivity index (χ1v) is 7.58. The molecule has 0 atom stereocenters. The Labute approximate surface area is 143 Å². The smallest absolute Gasteiger partial charge is 0.327 e. The number of carbonyl (C=O) groups excluding carboxylic acids is 1. The molecule has 0 spiro atoms. The van der Waals surface area contributed by atoms with Gasteiger partial charge in [-0.05, 0) is 26.0 Å². The summed E-state index contributed by atoms with van der Waals surface area (Å²) < 4.78 is 11.8. The number of hydrogen-bond acceptors (Lipinski definition) is 6. The highest BCUT2D eigenvalue weighted by Gasteiger charge is 2.23. The van der Waals surface area contributed by atoms with Crippen LogP contribution in [0.25, 0.3) is 23.0 Å². The minimum absolute atomic E-state index is 0.0957. The third-order valence-electron chi connectivity index (χ3n) is 3.45. The van der Waals surface area contributed by atoms with E-state index in [2.05, 4.69) is 20.0 Å². The second kappa shape index (κ2) is 6.45. The lowest BCUT2D eigenvalue weighted by molar-refractivity contribution is -0.141. The Morgan fingerprint density at radius 2 is 2.04 bits per heavy atom. The second-order valence-electron chi connectivity index (χ2n) is 5.26. The quantitative estimate of drug-likeness (QED) is 0.675. The number of rotatable bonds is 4. The molecule has 0 radical (unpaired) electrons. The van der Waals surface area contributed by atoms with Gasteiger partial charge in [-0.2, -0.15) is 5.10 Å². The van der Waals surface area contributed by atoms with Gasteiger partial charge in [-0.1, -0.05) is 29.3 Å². The summed E-state index contributed by atoms with van der Waals surface area (Å²) in [4.78, 5) is 11.6. The zero-order valence-electron chi connectivity index (χ0n) is 13.4. The van der Waals surface area contributed by atoms with Gasteiger partial charge < -0.3 is 9.15 Å². The maximum absolute atomic E-state index is 11.6. The van der Waals surface area contributed by atoms with Crippen molar-refractivity contribution in [1.82, 2.24) is 20.0 Å². The van der Waals surface area contributed by atoms with Gasteiger partial charge in [0.05, 0.1) is 17.8 Å². The molecule has 124 valence electrons. The Balaban J connectivity index is 2.02. The van der Waals surface area contributed by atoms with Crippen molar-refractivity contribution in [3.8, 4) is 23.0 Å². The molecule has 3 rings (SSSR count). The number of aromatic nitrogens is 4. The van der Waals surface area contributed by atoms with Gasteiger partial charge in [-0.25, -0.2) is 4.68 Å². The summed E-state index contributed by atoms with van der Waals surface area (Å²) in [7, 11) is 1.31. The number of nitrogens with zero attached hydrogens (tertiary/aromatic N) is 4. The van der Waals surface area contributed by atoms with E-state index in [9.17, 15) is 4.79 Å². The van der Waals surface area contributed by atoms with Crippen LogP contribution in [0.2, 0.25) is 5.02 Å². The van der Waals surface area contributed by atoms with E-state index >= 15 is 0 Å². The van der Waals surface area contributed by atoms with Crippen molar-refractivity contribution in [2.24, 2.45) is 0 Å². The van der Waals surface area contributed by atoms with Gasteiger partial charge >= 0.3 is 5.97 Å². The van der Waals surface area contributed by atoms with Gasteiger partial charge in [0.25, 0.3) is 5.89 Å². The molecule has 24 heavy (non-hydrogen) atoms. The number of benzene rings is 1. The van der Waals surface area contributed by atoms with Crippen molar-refractivity contribution in [1.29, 1.82) is 0 Å². The summed E-state index contributed by atoms with van der Waals surface area (Å²) in [6.45, 7) is 3.62. The molecule has 8 heteroatoms. The summed E-state index contributed by atoms with van der Waals surface area (Å²) >= 11 is 6.29. The van der Waals surface area contributed by atoms with E-state index in [1.807, 2.05) is 31.2 Å². The summed E-state index contributed by atoms with van der Waals surface area (Å²) in [5, 5.41) is 12.7. The van der Waals surface area contributed by atoms with Crippen molar-refractivity contribution in [3.63, 3.8) is 0 Å². The molecule has 0 amide bonds. The average molecular weight is 347 g/mol. The minimum Gasteiger partial charge on any atom is -0.468 e. The summed E-state index contributed by atoms with van der Waals surface area (Å²) in [5.74, 6) is 0.114. The average Bonchev–Trinajstić information content (AvgIpc) is 3.13. The van der Waals surface area contributed by atoms with Crippen LogP contribution in [0, 0.1) is 13.8 Å². The number of ether oxygens (including phenoxy) is 1. The lowest BCUT2D eigenvalue weighted by atomic mass is 10.1. The standard InChI is InChI=1S/C16H15ClN4O3/c1-9-5-4-6-11(7-9)15-18-19-16(24-15)14-13(17)10(2)20-21(14)8-12(22)23-3/h4-7H,8H2,1-3H3. The highest BCUT2D eigenvalue weighted by atomic mass is 35.5. The van der Waals surface area contributed by atoms with Crippen LogP contribution < -0.4 is 0 Å². The first-order valence-electron chi connectivity index (χ1n) is 7.20. The summed E-state index contributed by atoms with van der Waals surface area (Å²) in [5.41, 5.74) is 2.84. The Kier molecular flexibility index (Phi) is 4.35. The van der Waals surface area contributed by atoms with E-state index in [0.717, 1.165) is 11.1 Å². The molecule has 0 bridgehead atoms. The largest absolute Gasteiger partial charge is 0.468 e. The maximum Gasteiger partial charge on any atom is 0.327 e. The lowest BCUT2D eigenvalue weighted by Crippen LogP contribution is -2.13. The molecule has 0 aliphatic carbocycles. The van der Waals surface area contributed by atoms with Crippen LogP contribution in [0.3, 0.4) is 0 Å². The van der Waals surface area contributed by atoms with Crippen molar-refractivity contribution < 1.29 is 13.9 Å². The first-order chi connectivity index (χ1) is 11.5. The van der Waals surface area contributed by atoms with Gasteiger partial charge in [0.2, 0.25) is 5.89 Å². The first kappa shape index (κ1) is 16.2. The summed E-state index contributed by atoms with van der Waals surface area (Å²) in [6.07, 6.45) is 0. The fourth-order valence-corrected chi connectivity index (χ4v) is 2.50. The van der Waals surface area contributed by atoms with Gasteiger partial charge in [0, 0.05) is 5.56 Å². The normalized spacial score (nSPS) is 10.8. The highest BCUT2D eigenvalue weighted by Crippen LogP contribution is 2.31. The zero-order chi connectivity index (χ0) is 17.3. The van der Waals surface area contributed by atoms with Crippen LogP contribution in [-0.2, 0) is 16.1 Å². The van der Waals surface area contributed by atoms with Crippen molar-refractivity contribution in [2.75, 3.05) is 7.11 Å². The maximum atomic E-state index is 11.6. The topological polar surface area (TPSA) is 83.0 Å². The van der Waals surface area contributed by atoms with Crippen molar-refractivity contribution >= 4 is 17.6 Å². The fraction of sp³-hybridized carbons (Fsp3) is 0.250. The van der Waals surface area contributed by atoms with Crippen molar-refractivity contribution in [3.05, 3.63) is 40.5 Å². The van der Waals surface area contributed by atoms with Crippen LogP contribution in [-0.4, -0.2) is 33.1 Å². The second-order valence-corrected chi connectivity index (χ2v) is 5.64. The van der Waals surface area contributed by atoms with E-state index < -0.39 is 5.97 Å². The molecule has 0 N–H and O–H groups in total. The van der Waals surface area contributed by atoms with Gasteiger partial charge in [-0.15, -0.1) is 10.2 Å². The Bertz CT molecular complexity index is 901. The number of methoxy groups -OCH3 is 1. The van der Waals surface area contributed by atoms with Gasteiger partial charge in [0.15, 0.2) is 0 Å². The predicted octanol–water partition coefficient (Wildman–Crippen LogP) is 3.04. The van der Waals surface area contributed by atoms with E-state index in [0.29, 0.717) is 22.3 Å². The van der Waals surface area contributed by atoms with Crippen LogP contribution in [0.4, 0.5) is 0 Å². The van der Waals surface area contributed by atoms with Crippen LogP contribution in [0.15, 0.2) is 28.7 Å². The number of esters is 1. The Morgan fingerprint density at radius 3 is 2.75 bits per heavy atom. The molecule has 3 aromatic rings. The van der Waals surface area contributed by atoms with E-state index in [4.69, 9.17) is 16.0 Å². The monoisotopic (exact) mass is 346 g/mol. The van der Waals surface area contributed by atoms with Crippen molar-refractivity contribution in [2.45, 2.75) is 20.4 Å². The molecule has 2 heterocycles. The molecule has 1 aromatic carbocycles.